The van der Waals surface area contributed by atoms with Gasteiger partial charge in [-0.25, -0.2) is 0 Å². The topological polar surface area (TPSA) is 41.6 Å². The van der Waals surface area contributed by atoms with Crippen LogP contribution < -0.4 is 0 Å². The van der Waals surface area contributed by atoms with E-state index in [2.05, 4.69) is 41.5 Å². The molecule has 22 heavy (non-hydrogen) atoms. The molecule has 1 radical (unpaired) electrons. The lowest BCUT2D eigenvalue weighted by atomic mass is 9.67. The molecular weight excluding hydrogens is 278 g/mol. The molecule has 4 nitrogen and oxygen atoms in total. The summed E-state index contributed by atoms with van der Waals surface area (Å²) in [5.74, 6) is -0.525. The molecule has 0 aliphatic carbocycles. The van der Waals surface area contributed by atoms with Gasteiger partial charge < -0.3 is 9.47 Å². The second-order valence-corrected chi connectivity index (χ2v) is 7.76. The summed E-state index contributed by atoms with van der Waals surface area (Å²) in [5, 5.41) is 14.4. The van der Waals surface area contributed by atoms with Crippen molar-refractivity contribution >= 4 is 0 Å². The van der Waals surface area contributed by atoms with Crippen molar-refractivity contribution in [1.29, 1.82) is 0 Å². The molecule has 0 bridgehead atoms. The van der Waals surface area contributed by atoms with Crippen molar-refractivity contribution in [2.75, 3.05) is 6.61 Å². The summed E-state index contributed by atoms with van der Waals surface area (Å²) in [6.45, 7) is 13.3. The molecule has 2 saturated heterocycles. The molecule has 129 valence electrons. The maximum absolute atomic E-state index is 13.0. The Morgan fingerprint density at radius 2 is 1.86 bits per heavy atom. The molecule has 2 aliphatic heterocycles. The molecule has 5 atom stereocenters. The zero-order valence-corrected chi connectivity index (χ0v) is 15.3. The molecule has 2 fully saturated rings. The van der Waals surface area contributed by atoms with E-state index in [1.165, 1.54) is 17.9 Å². The highest BCUT2D eigenvalue weighted by Crippen LogP contribution is 2.53. The molecule has 2 aliphatic rings. The minimum absolute atomic E-state index is 0.0637. The first-order valence-electron chi connectivity index (χ1n) is 9.07. The Bertz CT molecular complexity index is 391. The summed E-state index contributed by atoms with van der Waals surface area (Å²) in [5.41, 5.74) is -0.862. The van der Waals surface area contributed by atoms with Gasteiger partial charge in [-0.15, -0.1) is 10.3 Å². The van der Waals surface area contributed by atoms with E-state index >= 15 is 0 Å². The molecule has 0 aromatic rings. The predicted molar refractivity (Wildman–Crippen MR) is 86.8 cm³/mol. The predicted octanol–water partition coefficient (Wildman–Crippen LogP) is 4.31. The second-order valence-electron chi connectivity index (χ2n) is 7.76. The van der Waals surface area contributed by atoms with Crippen LogP contribution in [0.4, 0.5) is 0 Å². The fourth-order valence-electron chi connectivity index (χ4n) is 4.22. The highest BCUT2D eigenvalue weighted by atomic mass is 16.7. The lowest BCUT2D eigenvalue weighted by Crippen LogP contribution is -2.70. The minimum atomic E-state index is -0.588. The minimum Gasteiger partial charge on any atom is -0.347 e. The van der Waals surface area contributed by atoms with Gasteiger partial charge in [-0.1, -0.05) is 40.5 Å². The lowest BCUT2D eigenvalue weighted by molar-refractivity contribution is -0.374. The fourth-order valence-corrected chi connectivity index (χ4v) is 4.22. The molecule has 1 spiro atoms. The van der Waals surface area contributed by atoms with Crippen LogP contribution in [0.15, 0.2) is 0 Å². The molecule has 5 unspecified atom stereocenters. The highest BCUT2D eigenvalue weighted by molar-refractivity contribution is 5.08. The smallest absolute Gasteiger partial charge is 0.175 e. The van der Waals surface area contributed by atoms with E-state index in [0.717, 1.165) is 19.3 Å². The summed E-state index contributed by atoms with van der Waals surface area (Å²) < 4.78 is 12.7. The molecule has 0 aromatic carbocycles. The molecule has 0 N–H and O–H groups in total. The van der Waals surface area contributed by atoms with Crippen LogP contribution in [0.25, 0.3) is 0 Å². The van der Waals surface area contributed by atoms with Crippen molar-refractivity contribution in [3.05, 3.63) is 0 Å². The van der Waals surface area contributed by atoms with Crippen LogP contribution in [-0.4, -0.2) is 34.6 Å². The van der Waals surface area contributed by atoms with E-state index < -0.39 is 16.9 Å². The van der Waals surface area contributed by atoms with Gasteiger partial charge in [-0.05, 0) is 33.1 Å². The Morgan fingerprint density at radius 1 is 1.18 bits per heavy atom. The summed E-state index contributed by atoms with van der Waals surface area (Å²) in [6, 6.07) is 0. The molecule has 0 amide bonds. The van der Waals surface area contributed by atoms with Crippen LogP contribution in [0.5, 0.6) is 0 Å². The number of piperidine rings is 1. The maximum atomic E-state index is 13.0. The van der Waals surface area contributed by atoms with Crippen molar-refractivity contribution in [2.45, 2.75) is 103 Å². The average molecular weight is 312 g/mol. The number of unbranched alkanes of at least 4 members (excludes halogenated alkanes) is 1. The van der Waals surface area contributed by atoms with Crippen molar-refractivity contribution in [3.63, 3.8) is 0 Å². The third-order valence-electron chi connectivity index (χ3n) is 6.41. The Morgan fingerprint density at radius 3 is 2.41 bits per heavy atom. The van der Waals surface area contributed by atoms with Crippen molar-refractivity contribution in [1.82, 2.24) is 5.06 Å². The van der Waals surface area contributed by atoms with Gasteiger partial charge in [0.2, 0.25) is 0 Å². The van der Waals surface area contributed by atoms with Crippen LogP contribution in [-0.2, 0) is 14.7 Å². The van der Waals surface area contributed by atoms with Gasteiger partial charge in [0.1, 0.15) is 0 Å². The van der Waals surface area contributed by atoms with Gasteiger partial charge in [0.15, 0.2) is 5.79 Å². The van der Waals surface area contributed by atoms with Gasteiger partial charge in [0.05, 0.1) is 23.8 Å². The molecule has 0 aromatic heterocycles. The molecule has 2 heterocycles. The van der Waals surface area contributed by atoms with Crippen LogP contribution in [0, 0.1) is 5.92 Å². The van der Waals surface area contributed by atoms with Crippen LogP contribution in [0.1, 0.15) is 80.1 Å². The summed E-state index contributed by atoms with van der Waals surface area (Å²) in [6.07, 6.45) is 5.87. The first-order chi connectivity index (χ1) is 10.3. The number of hydrogen-bond donors (Lipinski definition) is 0. The standard InChI is InChI=1S/C18H34NO3/c1-7-10-11-15-12-21-18(22-15)13-16(5,8-2)19(20)17(6,9-3)14(18)4/h14-15H,7-13H2,1-6H3. The summed E-state index contributed by atoms with van der Waals surface area (Å²) in [4.78, 5) is 0. The van der Waals surface area contributed by atoms with E-state index in [1.807, 2.05) is 0 Å². The normalized spacial score (nSPS) is 46.5. The third-order valence-corrected chi connectivity index (χ3v) is 6.41. The van der Waals surface area contributed by atoms with Crippen molar-refractivity contribution in [2.24, 2.45) is 5.92 Å². The molecule has 4 heteroatoms. The average Bonchev–Trinajstić information content (AvgIpc) is 2.93. The van der Waals surface area contributed by atoms with Gasteiger partial charge in [0, 0.05) is 12.3 Å². The molecule has 2 rings (SSSR count). The fraction of sp³-hybridized carbons (Fsp3) is 1.00. The summed E-state index contributed by atoms with van der Waals surface area (Å²) in [7, 11) is 0. The molecular formula is C18H34NO3. The van der Waals surface area contributed by atoms with E-state index in [-0.39, 0.29) is 12.0 Å². The Labute approximate surface area is 136 Å². The van der Waals surface area contributed by atoms with Crippen molar-refractivity contribution in [3.8, 4) is 0 Å². The maximum Gasteiger partial charge on any atom is 0.175 e. The van der Waals surface area contributed by atoms with E-state index in [1.54, 1.807) is 0 Å². The Balaban J connectivity index is 2.28. The van der Waals surface area contributed by atoms with Gasteiger partial charge in [-0.3, -0.25) is 0 Å². The number of hydrogen-bond acceptors (Lipinski definition) is 3. The molecule has 0 saturated carbocycles. The van der Waals surface area contributed by atoms with E-state index in [4.69, 9.17) is 9.47 Å². The van der Waals surface area contributed by atoms with E-state index in [0.29, 0.717) is 13.0 Å². The first-order valence-corrected chi connectivity index (χ1v) is 9.07. The van der Waals surface area contributed by atoms with E-state index in [9.17, 15) is 5.21 Å². The van der Waals surface area contributed by atoms with Crippen LogP contribution in [0.2, 0.25) is 0 Å². The Hall–Kier alpha value is -0.160. The highest BCUT2D eigenvalue weighted by Gasteiger charge is 2.63. The summed E-state index contributed by atoms with van der Waals surface area (Å²) >= 11 is 0. The lowest BCUT2D eigenvalue weighted by Gasteiger charge is -2.59. The second kappa shape index (κ2) is 6.39. The van der Waals surface area contributed by atoms with Crippen LogP contribution in [0.3, 0.4) is 0 Å². The van der Waals surface area contributed by atoms with Crippen molar-refractivity contribution < 1.29 is 14.7 Å². The quantitative estimate of drug-likeness (QED) is 0.759. The number of nitrogens with zero attached hydrogens (tertiary/aromatic N) is 1. The third kappa shape index (κ3) is 2.72. The number of hydroxylamine groups is 2. The number of rotatable bonds is 5. The SMILES string of the molecule is CCCCC1COC2(CC(C)(CC)N([O])C(C)(CC)C2C)O1. The monoisotopic (exact) mass is 312 g/mol. The van der Waals surface area contributed by atoms with Gasteiger partial charge >= 0.3 is 0 Å². The Kier molecular flexibility index (Phi) is 5.28. The zero-order chi connectivity index (χ0) is 16.6. The van der Waals surface area contributed by atoms with Crippen LogP contribution >= 0.6 is 0 Å². The largest absolute Gasteiger partial charge is 0.347 e. The van der Waals surface area contributed by atoms with Gasteiger partial charge in [0.25, 0.3) is 0 Å². The zero-order valence-electron chi connectivity index (χ0n) is 15.3. The van der Waals surface area contributed by atoms with Gasteiger partial charge in [-0.2, -0.15) is 0 Å². The first kappa shape index (κ1) is 18.2. The number of ether oxygens (including phenoxy) is 2.